The molecule has 1 aromatic carbocycles. The average Bonchev–Trinajstić information content (AvgIpc) is 2.39. The maximum absolute atomic E-state index is 12.2. The Labute approximate surface area is 117 Å². The van der Waals surface area contributed by atoms with Gasteiger partial charge in [-0.1, -0.05) is 11.6 Å². The van der Waals surface area contributed by atoms with Gasteiger partial charge in [-0.15, -0.1) is 0 Å². The Morgan fingerprint density at radius 3 is 3.00 bits per heavy atom. The molecule has 0 radical (unpaired) electrons. The maximum Gasteiger partial charge on any atom is 0.233 e. The van der Waals surface area contributed by atoms with Crippen LogP contribution in [0.15, 0.2) is 23.3 Å². The molecular formula is C13H17ClN4O. The molecule has 0 unspecified atom stereocenters. The number of fused-ring (bicyclic) bond motifs is 1. The smallest absolute Gasteiger partial charge is 0.233 e. The van der Waals surface area contributed by atoms with E-state index < -0.39 is 0 Å². The van der Waals surface area contributed by atoms with Crippen LogP contribution in [0.4, 0.5) is 5.69 Å². The van der Waals surface area contributed by atoms with Gasteiger partial charge in [0.05, 0.1) is 17.8 Å². The monoisotopic (exact) mass is 280 g/mol. The van der Waals surface area contributed by atoms with Crippen molar-refractivity contribution in [1.82, 2.24) is 5.43 Å². The summed E-state index contributed by atoms with van der Waals surface area (Å²) >= 11 is 6.03. The van der Waals surface area contributed by atoms with Gasteiger partial charge in [0, 0.05) is 24.2 Å². The molecule has 0 aromatic heterocycles. The zero-order valence-electron chi connectivity index (χ0n) is 10.8. The molecule has 1 heterocycles. The molecule has 0 spiro atoms. The van der Waals surface area contributed by atoms with E-state index in [-0.39, 0.29) is 12.3 Å². The van der Waals surface area contributed by atoms with Crippen LogP contribution in [0.2, 0.25) is 5.02 Å². The fourth-order valence-corrected chi connectivity index (χ4v) is 2.34. The normalized spacial score (nSPS) is 16.7. The summed E-state index contributed by atoms with van der Waals surface area (Å²) in [6.07, 6.45) is 1.05. The van der Waals surface area contributed by atoms with Crippen molar-refractivity contribution < 1.29 is 4.79 Å². The second-order valence-electron chi connectivity index (χ2n) is 4.31. The molecule has 1 aromatic rings. The first-order valence-electron chi connectivity index (χ1n) is 6.21. The van der Waals surface area contributed by atoms with Crippen LogP contribution in [0.1, 0.15) is 18.4 Å². The number of benzene rings is 1. The lowest BCUT2D eigenvalue weighted by molar-refractivity contribution is -0.117. The van der Waals surface area contributed by atoms with E-state index in [4.69, 9.17) is 17.3 Å². The predicted molar refractivity (Wildman–Crippen MR) is 77.7 cm³/mol. The van der Waals surface area contributed by atoms with Crippen LogP contribution in [-0.4, -0.2) is 31.8 Å². The van der Waals surface area contributed by atoms with Gasteiger partial charge in [-0.25, -0.2) is 0 Å². The van der Waals surface area contributed by atoms with Crippen LogP contribution in [0, 0.1) is 0 Å². The summed E-state index contributed by atoms with van der Waals surface area (Å²) in [5.74, 6) is 0.0391. The van der Waals surface area contributed by atoms with Crippen molar-refractivity contribution in [2.24, 2.45) is 10.8 Å². The number of nitrogens with one attached hydrogen (secondary N) is 1. The van der Waals surface area contributed by atoms with Crippen molar-refractivity contribution in [2.75, 3.05) is 25.0 Å². The van der Waals surface area contributed by atoms with Gasteiger partial charge >= 0.3 is 0 Å². The largest absolute Gasteiger partial charge is 0.330 e. The SMILES string of the molecule is CN/N=C1\CC(=O)N(CCCN)c2ccc(Cl)cc21. The number of hydrogen-bond acceptors (Lipinski definition) is 4. The quantitative estimate of drug-likeness (QED) is 0.818. The topological polar surface area (TPSA) is 70.7 Å². The number of rotatable bonds is 4. The fourth-order valence-electron chi connectivity index (χ4n) is 2.17. The van der Waals surface area contributed by atoms with Crippen molar-refractivity contribution in [2.45, 2.75) is 12.8 Å². The van der Waals surface area contributed by atoms with Gasteiger partial charge in [0.1, 0.15) is 0 Å². The Morgan fingerprint density at radius 2 is 2.32 bits per heavy atom. The molecule has 0 fully saturated rings. The number of carbonyl (C=O) groups is 1. The van der Waals surface area contributed by atoms with Crippen LogP contribution in [0.5, 0.6) is 0 Å². The Morgan fingerprint density at radius 1 is 1.53 bits per heavy atom. The minimum absolute atomic E-state index is 0.0391. The second-order valence-corrected chi connectivity index (χ2v) is 4.74. The van der Waals surface area contributed by atoms with Crippen molar-refractivity contribution in [1.29, 1.82) is 0 Å². The van der Waals surface area contributed by atoms with E-state index in [1.165, 1.54) is 0 Å². The summed E-state index contributed by atoms with van der Waals surface area (Å²) in [6, 6.07) is 5.48. The Balaban J connectivity index is 2.44. The van der Waals surface area contributed by atoms with Crippen LogP contribution in [0.25, 0.3) is 0 Å². The summed E-state index contributed by atoms with van der Waals surface area (Å²) < 4.78 is 0. The minimum Gasteiger partial charge on any atom is -0.330 e. The van der Waals surface area contributed by atoms with Crippen LogP contribution in [0.3, 0.4) is 0 Å². The molecule has 2 rings (SSSR count). The highest BCUT2D eigenvalue weighted by atomic mass is 35.5. The van der Waals surface area contributed by atoms with Crippen LogP contribution < -0.4 is 16.1 Å². The van der Waals surface area contributed by atoms with Crippen molar-refractivity contribution in [3.8, 4) is 0 Å². The fraction of sp³-hybridized carbons (Fsp3) is 0.385. The lowest BCUT2D eigenvalue weighted by Crippen LogP contribution is -2.39. The number of hydrogen-bond donors (Lipinski definition) is 2. The summed E-state index contributed by atoms with van der Waals surface area (Å²) in [6.45, 7) is 1.18. The molecule has 1 aliphatic heterocycles. The van der Waals surface area contributed by atoms with E-state index in [0.29, 0.717) is 23.8 Å². The van der Waals surface area contributed by atoms with Gasteiger partial charge in [0.15, 0.2) is 0 Å². The first-order chi connectivity index (χ1) is 9.17. The minimum atomic E-state index is 0.0391. The molecule has 0 saturated carbocycles. The van der Waals surface area contributed by atoms with Crippen molar-refractivity contribution in [3.63, 3.8) is 0 Å². The number of anilines is 1. The van der Waals surface area contributed by atoms with Gasteiger partial charge in [0.25, 0.3) is 0 Å². The van der Waals surface area contributed by atoms with Crippen LogP contribution in [-0.2, 0) is 4.79 Å². The van der Waals surface area contributed by atoms with E-state index in [1.54, 1.807) is 18.0 Å². The molecule has 0 atom stereocenters. The molecule has 5 nitrogen and oxygen atoms in total. The van der Waals surface area contributed by atoms with Gasteiger partial charge in [0.2, 0.25) is 5.91 Å². The third kappa shape index (κ3) is 2.88. The van der Waals surface area contributed by atoms with E-state index in [9.17, 15) is 4.79 Å². The van der Waals surface area contributed by atoms with Crippen LogP contribution >= 0.6 is 11.6 Å². The van der Waals surface area contributed by atoms with E-state index in [0.717, 1.165) is 17.7 Å². The first-order valence-corrected chi connectivity index (χ1v) is 6.59. The number of carbonyl (C=O) groups excluding carboxylic acids is 1. The number of halogens is 1. The lowest BCUT2D eigenvalue weighted by Gasteiger charge is -2.30. The molecule has 6 heteroatoms. The third-order valence-electron chi connectivity index (χ3n) is 3.01. The average molecular weight is 281 g/mol. The lowest BCUT2D eigenvalue weighted by atomic mass is 9.98. The molecular weight excluding hydrogens is 264 g/mol. The zero-order chi connectivity index (χ0) is 13.8. The summed E-state index contributed by atoms with van der Waals surface area (Å²) in [4.78, 5) is 13.9. The zero-order valence-corrected chi connectivity index (χ0v) is 11.6. The molecule has 0 bridgehead atoms. The number of nitrogens with zero attached hydrogens (tertiary/aromatic N) is 2. The molecule has 0 saturated heterocycles. The maximum atomic E-state index is 12.2. The number of amides is 1. The van der Waals surface area contributed by atoms with Gasteiger partial charge in [-0.2, -0.15) is 5.10 Å². The second kappa shape index (κ2) is 6.04. The third-order valence-corrected chi connectivity index (χ3v) is 3.25. The predicted octanol–water partition coefficient (Wildman–Crippen LogP) is 1.35. The highest BCUT2D eigenvalue weighted by molar-refractivity contribution is 6.32. The Bertz CT molecular complexity index is 515. The van der Waals surface area contributed by atoms with E-state index in [1.807, 2.05) is 12.1 Å². The summed E-state index contributed by atoms with van der Waals surface area (Å²) in [5.41, 5.74) is 10.7. The molecule has 3 N–H and O–H groups in total. The highest BCUT2D eigenvalue weighted by Crippen LogP contribution is 2.30. The molecule has 0 aliphatic carbocycles. The highest BCUT2D eigenvalue weighted by Gasteiger charge is 2.28. The van der Waals surface area contributed by atoms with Crippen molar-refractivity contribution in [3.05, 3.63) is 28.8 Å². The standard InChI is InChI=1S/C13H17ClN4O/c1-16-17-11-8-13(19)18(6-2-5-15)12-4-3-9(14)7-10(11)12/h3-4,7,16H,2,5-6,8,15H2,1H3/b17-11+. The summed E-state index contributed by atoms with van der Waals surface area (Å²) in [7, 11) is 1.71. The summed E-state index contributed by atoms with van der Waals surface area (Å²) in [5, 5.41) is 4.80. The van der Waals surface area contributed by atoms with E-state index in [2.05, 4.69) is 10.5 Å². The van der Waals surface area contributed by atoms with Gasteiger partial charge < -0.3 is 16.1 Å². The molecule has 1 amide bonds. The van der Waals surface area contributed by atoms with Crippen molar-refractivity contribution >= 4 is 28.9 Å². The van der Waals surface area contributed by atoms with E-state index >= 15 is 0 Å². The number of nitrogens with two attached hydrogens (primary N) is 1. The van der Waals surface area contributed by atoms with Gasteiger partial charge in [-0.05, 0) is 31.2 Å². The Hall–Kier alpha value is -1.59. The first kappa shape index (κ1) is 13.8. The molecule has 19 heavy (non-hydrogen) atoms. The van der Waals surface area contributed by atoms with Gasteiger partial charge in [-0.3, -0.25) is 4.79 Å². The Kier molecular flexibility index (Phi) is 4.39. The molecule has 1 aliphatic rings. The number of hydrazone groups is 1. The molecule has 102 valence electrons.